The number of aryl methyl sites for hydroxylation is 1. The lowest BCUT2D eigenvalue weighted by Gasteiger charge is -2.23. The number of fused-ring (bicyclic) bond motifs is 1. The highest BCUT2D eigenvalue weighted by atomic mass is 19.4. The number of alkyl halides is 3. The molecule has 0 radical (unpaired) electrons. The molecule has 0 saturated carbocycles. The summed E-state index contributed by atoms with van der Waals surface area (Å²) in [5, 5.41) is 5.07. The van der Waals surface area contributed by atoms with Gasteiger partial charge in [-0.1, -0.05) is 30.3 Å². The SMILES string of the molecule is Cc1cccc2c1NC(=O)C(NC(=O)C(CCC(F)(F)F)CC(=O)OC(C)(C)C)N=C2c1cccc(F)c1. The van der Waals surface area contributed by atoms with Gasteiger partial charge in [-0.2, -0.15) is 13.2 Å². The number of nitrogens with one attached hydrogen (secondary N) is 2. The normalized spacial score (nSPS) is 16.5. The Bertz CT molecular complexity index is 1250. The zero-order valence-corrected chi connectivity index (χ0v) is 21.4. The number of nitrogens with zero attached hydrogens (tertiary/aromatic N) is 1. The number of rotatable bonds is 7. The van der Waals surface area contributed by atoms with Crippen LogP contribution >= 0.6 is 0 Å². The van der Waals surface area contributed by atoms with Gasteiger partial charge in [-0.25, -0.2) is 9.38 Å². The minimum Gasteiger partial charge on any atom is -0.460 e. The van der Waals surface area contributed by atoms with E-state index in [-0.39, 0.29) is 5.71 Å². The van der Waals surface area contributed by atoms with E-state index in [1.807, 2.05) is 0 Å². The summed E-state index contributed by atoms with van der Waals surface area (Å²) in [6.45, 7) is 6.52. The van der Waals surface area contributed by atoms with Crippen LogP contribution in [0.1, 0.15) is 56.7 Å². The number of ether oxygens (including phenoxy) is 1. The smallest absolute Gasteiger partial charge is 0.389 e. The summed E-state index contributed by atoms with van der Waals surface area (Å²) in [6.07, 6.45) is -8.74. The van der Waals surface area contributed by atoms with Gasteiger partial charge in [0.15, 0.2) is 0 Å². The van der Waals surface area contributed by atoms with Gasteiger partial charge in [-0.05, 0) is 51.8 Å². The average molecular weight is 536 g/mol. The van der Waals surface area contributed by atoms with Crippen LogP contribution in [0, 0.1) is 18.7 Å². The maximum Gasteiger partial charge on any atom is 0.389 e. The van der Waals surface area contributed by atoms with Crippen molar-refractivity contribution in [3.63, 3.8) is 0 Å². The Balaban J connectivity index is 1.95. The molecule has 11 heteroatoms. The Hall–Kier alpha value is -3.76. The molecule has 2 aromatic carbocycles. The van der Waals surface area contributed by atoms with Crippen LogP contribution in [0.2, 0.25) is 0 Å². The summed E-state index contributed by atoms with van der Waals surface area (Å²) in [4.78, 5) is 42.9. The molecule has 38 heavy (non-hydrogen) atoms. The van der Waals surface area contributed by atoms with E-state index in [4.69, 9.17) is 4.74 Å². The van der Waals surface area contributed by atoms with Gasteiger partial charge in [0.05, 0.1) is 17.8 Å². The first-order chi connectivity index (χ1) is 17.6. The quantitative estimate of drug-likeness (QED) is 0.383. The molecule has 0 aromatic heterocycles. The number of halogens is 4. The van der Waals surface area contributed by atoms with Gasteiger partial charge < -0.3 is 15.4 Å². The van der Waals surface area contributed by atoms with Crippen LogP contribution in [0.15, 0.2) is 47.5 Å². The zero-order chi connectivity index (χ0) is 28.3. The molecule has 3 rings (SSSR count). The summed E-state index contributed by atoms with van der Waals surface area (Å²) in [7, 11) is 0. The monoisotopic (exact) mass is 535 g/mol. The first-order valence-electron chi connectivity index (χ1n) is 12.0. The maximum atomic E-state index is 14.0. The topological polar surface area (TPSA) is 96.9 Å². The van der Waals surface area contributed by atoms with Crippen molar-refractivity contribution in [2.75, 3.05) is 5.32 Å². The van der Waals surface area contributed by atoms with Crippen molar-refractivity contribution in [3.8, 4) is 0 Å². The molecule has 2 atom stereocenters. The lowest BCUT2D eigenvalue weighted by atomic mass is 9.97. The lowest BCUT2D eigenvalue weighted by molar-refractivity contribution is -0.159. The molecule has 1 aliphatic heterocycles. The van der Waals surface area contributed by atoms with Gasteiger partial charge in [-0.3, -0.25) is 14.4 Å². The Kier molecular flexibility index (Phi) is 8.58. The lowest BCUT2D eigenvalue weighted by Crippen LogP contribution is -2.45. The number of para-hydroxylation sites is 1. The average Bonchev–Trinajstić information content (AvgIpc) is 2.92. The Morgan fingerprint density at radius 3 is 2.45 bits per heavy atom. The van der Waals surface area contributed by atoms with Gasteiger partial charge in [0.25, 0.3) is 5.91 Å². The van der Waals surface area contributed by atoms with E-state index in [0.717, 1.165) is 0 Å². The predicted octanol–water partition coefficient (Wildman–Crippen LogP) is 5.06. The zero-order valence-electron chi connectivity index (χ0n) is 21.4. The number of anilines is 1. The minimum atomic E-state index is -4.56. The summed E-state index contributed by atoms with van der Waals surface area (Å²) in [5.41, 5.74) is 1.18. The number of benzodiazepines with no additional fused rings is 1. The Labute approximate surface area is 217 Å². The van der Waals surface area contributed by atoms with Crippen LogP contribution in [0.4, 0.5) is 23.2 Å². The highest BCUT2D eigenvalue weighted by Gasteiger charge is 2.35. The number of aliphatic imine (C=N–C) groups is 1. The van der Waals surface area contributed by atoms with Gasteiger partial charge in [0.2, 0.25) is 12.1 Å². The Morgan fingerprint density at radius 1 is 1.13 bits per heavy atom. The van der Waals surface area contributed by atoms with Crippen molar-refractivity contribution in [1.29, 1.82) is 0 Å². The van der Waals surface area contributed by atoms with E-state index < -0.39 is 66.7 Å². The standard InChI is InChI=1S/C27H29F4N3O4/c1-15-7-5-10-19-21(15)33-25(37)23(32-22(19)16-8-6-9-18(28)13-16)34-24(36)17(11-12-27(29,30)31)14-20(35)38-26(2,3)4/h5-10,13,17,23H,11-12,14H2,1-4H3,(H,33,37)(H,34,36). The third kappa shape index (κ3) is 7.87. The first kappa shape index (κ1) is 28.8. The van der Waals surface area contributed by atoms with Gasteiger partial charge in [-0.15, -0.1) is 0 Å². The highest BCUT2D eigenvalue weighted by molar-refractivity contribution is 6.20. The largest absolute Gasteiger partial charge is 0.460 e. The molecule has 2 aromatic rings. The van der Waals surface area contributed by atoms with Crippen molar-refractivity contribution < 1.29 is 36.7 Å². The molecule has 1 heterocycles. The number of benzene rings is 2. The highest BCUT2D eigenvalue weighted by Crippen LogP contribution is 2.29. The fourth-order valence-electron chi connectivity index (χ4n) is 3.94. The third-order valence-electron chi connectivity index (χ3n) is 5.64. The van der Waals surface area contributed by atoms with Crippen LogP contribution in [0.25, 0.3) is 0 Å². The van der Waals surface area contributed by atoms with Crippen molar-refractivity contribution >= 4 is 29.2 Å². The molecular formula is C27H29F4N3O4. The van der Waals surface area contributed by atoms with Gasteiger partial charge in [0, 0.05) is 23.5 Å². The molecule has 7 nitrogen and oxygen atoms in total. The molecule has 2 unspecified atom stereocenters. The second-order valence-electron chi connectivity index (χ2n) is 10.0. The number of hydrogen-bond acceptors (Lipinski definition) is 5. The van der Waals surface area contributed by atoms with Crippen molar-refractivity contribution in [3.05, 3.63) is 65.0 Å². The maximum absolute atomic E-state index is 14.0. The molecule has 0 fully saturated rings. The molecule has 1 aliphatic rings. The second kappa shape index (κ2) is 11.3. The van der Waals surface area contributed by atoms with Gasteiger partial charge >= 0.3 is 12.1 Å². The van der Waals surface area contributed by atoms with E-state index in [9.17, 15) is 31.9 Å². The van der Waals surface area contributed by atoms with Crippen LogP contribution in [-0.4, -0.2) is 41.4 Å². The molecule has 2 N–H and O–H groups in total. The molecule has 0 bridgehead atoms. The number of amides is 2. The number of carbonyl (C=O) groups excluding carboxylic acids is 3. The summed E-state index contributed by atoms with van der Waals surface area (Å²) >= 11 is 0. The minimum absolute atomic E-state index is 0.200. The van der Waals surface area contributed by atoms with Gasteiger partial charge in [0.1, 0.15) is 11.4 Å². The molecule has 0 spiro atoms. The molecular weight excluding hydrogens is 506 g/mol. The molecule has 0 aliphatic carbocycles. The Morgan fingerprint density at radius 2 is 1.82 bits per heavy atom. The van der Waals surface area contributed by atoms with Crippen LogP contribution < -0.4 is 10.6 Å². The van der Waals surface area contributed by atoms with Crippen LogP contribution in [0.5, 0.6) is 0 Å². The van der Waals surface area contributed by atoms with E-state index in [2.05, 4.69) is 15.6 Å². The van der Waals surface area contributed by atoms with Crippen LogP contribution in [-0.2, 0) is 19.1 Å². The summed E-state index contributed by atoms with van der Waals surface area (Å²) in [6, 6.07) is 10.6. The van der Waals surface area contributed by atoms with Crippen molar-refractivity contribution in [1.82, 2.24) is 5.32 Å². The number of hydrogen-bond donors (Lipinski definition) is 2. The number of esters is 1. The fraction of sp³-hybridized carbons (Fsp3) is 0.407. The molecule has 2 amide bonds. The summed E-state index contributed by atoms with van der Waals surface area (Å²) in [5.74, 6) is -4.54. The molecule has 0 saturated heterocycles. The van der Waals surface area contributed by atoms with E-state index >= 15 is 0 Å². The van der Waals surface area contributed by atoms with E-state index in [0.29, 0.717) is 22.4 Å². The predicted molar refractivity (Wildman–Crippen MR) is 133 cm³/mol. The summed E-state index contributed by atoms with van der Waals surface area (Å²) < 4.78 is 58.1. The van der Waals surface area contributed by atoms with Crippen molar-refractivity contribution in [2.45, 2.75) is 64.9 Å². The number of carbonyl (C=O) groups is 3. The first-order valence-corrected chi connectivity index (χ1v) is 12.0. The molecule has 204 valence electrons. The van der Waals surface area contributed by atoms with Crippen molar-refractivity contribution in [2.24, 2.45) is 10.9 Å². The second-order valence-corrected chi connectivity index (χ2v) is 10.0. The van der Waals surface area contributed by atoms with E-state index in [1.165, 1.54) is 18.2 Å². The third-order valence-corrected chi connectivity index (χ3v) is 5.64. The van der Waals surface area contributed by atoms with Crippen LogP contribution in [0.3, 0.4) is 0 Å². The van der Waals surface area contributed by atoms with E-state index in [1.54, 1.807) is 52.0 Å². The fourth-order valence-corrected chi connectivity index (χ4v) is 3.94.